The van der Waals surface area contributed by atoms with E-state index in [4.69, 9.17) is 0 Å². The number of hydrogen-bond donors (Lipinski definition) is 0. The van der Waals surface area contributed by atoms with E-state index in [1.165, 1.54) is 0 Å². The van der Waals surface area contributed by atoms with Gasteiger partial charge < -0.3 is 5.48 Å². The van der Waals surface area contributed by atoms with Crippen LogP contribution in [0.3, 0.4) is 0 Å². The van der Waals surface area contributed by atoms with Gasteiger partial charge in [-0.2, -0.15) is 0 Å². The van der Waals surface area contributed by atoms with Gasteiger partial charge in [0.25, 0.3) is 0 Å². The highest BCUT2D eigenvalue weighted by Gasteiger charge is 1.87. The van der Waals surface area contributed by atoms with E-state index in [0.29, 0.717) is 0 Å². The fourth-order valence-electron chi connectivity index (χ4n) is 0.575. The standard InChI is InChI=1S/C5H9N2.H2O/c1-6-3-4-7(2)5-6;/h3-5H,1-2H3;1H2/q+1;/p-1. The zero-order chi connectivity index (χ0) is 5.28. The average molecular weight is 114 g/mol. The molecule has 0 atom stereocenters. The predicted octanol–water partition coefficient (Wildman–Crippen LogP) is -0.327. The first-order valence-corrected chi connectivity index (χ1v) is 2.26. The molecule has 46 valence electrons. The molecule has 0 bridgehead atoms. The maximum absolute atomic E-state index is 2.00. The van der Waals surface area contributed by atoms with Gasteiger partial charge in [-0.1, -0.05) is 0 Å². The second-order valence-electron chi connectivity index (χ2n) is 1.74. The van der Waals surface area contributed by atoms with E-state index in [0.717, 1.165) is 0 Å². The van der Waals surface area contributed by atoms with Gasteiger partial charge in [-0.15, -0.1) is 0 Å². The van der Waals surface area contributed by atoms with Crippen molar-refractivity contribution in [1.82, 2.24) is 4.57 Å². The van der Waals surface area contributed by atoms with Crippen molar-refractivity contribution in [1.29, 1.82) is 0 Å². The van der Waals surface area contributed by atoms with Crippen LogP contribution in [-0.2, 0) is 14.1 Å². The molecule has 3 heteroatoms. The summed E-state index contributed by atoms with van der Waals surface area (Å²) in [5.41, 5.74) is 0. The molecule has 0 spiro atoms. The molecule has 0 radical (unpaired) electrons. The molecule has 1 rings (SSSR count). The Morgan fingerprint density at radius 3 is 2.25 bits per heavy atom. The van der Waals surface area contributed by atoms with Gasteiger partial charge in [0.2, 0.25) is 6.33 Å². The van der Waals surface area contributed by atoms with Crippen molar-refractivity contribution in [3.05, 3.63) is 18.7 Å². The Morgan fingerprint density at radius 1 is 1.50 bits per heavy atom. The van der Waals surface area contributed by atoms with E-state index in [1.54, 1.807) is 0 Å². The van der Waals surface area contributed by atoms with Gasteiger partial charge in [0.1, 0.15) is 12.4 Å². The van der Waals surface area contributed by atoms with Gasteiger partial charge in [0.05, 0.1) is 14.1 Å². The molecule has 0 aromatic carbocycles. The molecule has 1 N–H and O–H groups in total. The largest absolute Gasteiger partial charge is 0.870 e. The predicted molar refractivity (Wildman–Crippen MR) is 28.5 cm³/mol. The molecular weight excluding hydrogens is 104 g/mol. The number of nitrogens with zero attached hydrogens (tertiary/aromatic N) is 2. The lowest BCUT2D eigenvalue weighted by molar-refractivity contribution is -0.670. The minimum atomic E-state index is 0. The van der Waals surface area contributed by atoms with Gasteiger partial charge >= 0.3 is 0 Å². The molecule has 0 aliphatic heterocycles. The molecule has 3 nitrogen and oxygen atoms in total. The first kappa shape index (κ1) is 7.17. The van der Waals surface area contributed by atoms with Crippen LogP contribution in [0.15, 0.2) is 18.7 Å². The number of aromatic nitrogens is 2. The van der Waals surface area contributed by atoms with Crippen LogP contribution in [-0.4, -0.2) is 10.0 Å². The highest BCUT2D eigenvalue weighted by molar-refractivity contribution is 4.60. The van der Waals surface area contributed by atoms with E-state index >= 15 is 0 Å². The van der Waals surface area contributed by atoms with Crippen molar-refractivity contribution in [2.75, 3.05) is 0 Å². The third-order valence-corrected chi connectivity index (χ3v) is 0.901. The van der Waals surface area contributed by atoms with E-state index in [-0.39, 0.29) is 5.48 Å². The lowest BCUT2D eigenvalue weighted by Crippen LogP contribution is -2.23. The number of imidazole rings is 1. The molecule has 0 aliphatic rings. The van der Waals surface area contributed by atoms with Crippen LogP contribution in [0.2, 0.25) is 0 Å². The van der Waals surface area contributed by atoms with Crippen molar-refractivity contribution in [3.8, 4) is 0 Å². The van der Waals surface area contributed by atoms with Crippen LogP contribution in [0.1, 0.15) is 0 Å². The molecule has 0 saturated heterocycles. The quantitative estimate of drug-likeness (QED) is 0.426. The van der Waals surface area contributed by atoms with E-state index in [1.807, 2.05) is 42.0 Å². The summed E-state index contributed by atoms with van der Waals surface area (Å²) in [7, 11) is 4.00. The van der Waals surface area contributed by atoms with Gasteiger partial charge in [0, 0.05) is 0 Å². The lowest BCUT2D eigenvalue weighted by atomic mass is 10.9. The maximum Gasteiger partial charge on any atom is 0.243 e. The fourth-order valence-corrected chi connectivity index (χ4v) is 0.575. The summed E-state index contributed by atoms with van der Waals surface area (Å²) in [6.45, 7) is 0. The molecule has 0 unspecified atom stereocenters. The molecule has 0 aliphatic carbocycles. The summed E-state index contributed by atoms with van der Waals surface area (Å²) in [5, 5.41) is 0. The van der Waals surface area contributed by atoms with E-state index in [9.17, 15) is 0 Å². The molecule has 0 fully saturated rings. The Labute approximate surface area is 48.5 Å². The maximum atomic E-state index is 2.00. The van der Waals surface area contributed by atoms with Gasteiger partial charge in [-0.3, -0.25) is 0 Å². The van der Waals surface area contributed by atoms with Gasteiger partial charge in [0.15, 0.2) is 0 Å². The summed E-state index contributed by atoms with van der Waals surface area (Å²) in [6, 6.07) is 0. The minimum absolute atomic E-state index is 0. The minimum Gasteiger partial charge on any atom is -0.870 e. The zero-order valence-corrected chi connectivity index (χ0v) is 5.07. The monoisotopic (exact) mass is 114 g/mol. The number of hydrogen-bond acceptors (Lipinski definition) is 1. The first-order chi connectivity index (χ1) is 3.29. The average Bonchev–Trinajstić information content (AvgIpc) is 1.87. The van der Waals surface area contributed by atoms with E-state index < -0.39 is 0 Å². The zero-order valence-electron chi connectivity index (χ0n) is 5.07. The Morgan fingerprint density at radius 2 is 2.12 bits per heavy atom. The van der Waals surface area contributed by atoms with Gasteiger partial charge in [-0.25, -0.2) is 9.13 Å². The normalized spacial score (nSPS) is 8.25. The topological polar surface area (TPSA) is 38.8 Å². The molecular formula is C5H10N2O. The van der Waals surface area contributed by atoms with Crippen LogP contribution in [0, 0.1) is 0 Å². The summed E-state index contributed by atoms with van der Waals surface area (Å²) in [6.07, 6.45) is 6.00. The summed E-state index contributed by atoms with van der Waals surface area (Å²) in [5.74, 6) is 0. The molecule has 1 aromatic heterocycles. The van der Waals surface area contributed by atoms with Crippen molar-refractivity contribution < 1.29 is 10.0 Å². The fraction of sp³-hybridized carbons (Fsp3) is 0.400. The van der Waals surface area contributed by atoms with Crippen LogP contribution in [0.5, 0.6) is 0 Å². The highest BCUT2D eigenvalue weighted by Crippen LogP contribution is 1.70. The third-order valence-electron chi connectivity index (χ3n) is 0.901. The molecule has 1 aromatic rings. The van der Waals surface area contributed by atoms with Gasteiger partial charge in [-0.05, 0) is 0 Å². The number of rotatable bonds is 0. The molecule has 0 amide bonds. The van der Waals surface area contributed by atoms with Crippen LogP contribution in [0.4, 0.5) is 0 Å². The Kier molecular flexibility index (Phi) is 2.21. The van der Waals surface area contributed by atoms with E-state index in [2.05, 4.69) is 0 Å². The van der Waals surface area contributed by atoms with Crippen LogP contribution in [0.25, 0.3) is 0 Å². The van der Waals surface area contributed by atoms with Crippen LogP contribution >= 0.6 is 0 Å². The summed E-state index contributed by atoms with van der Waals surface area (Å²) >= 11 is 0. The first-order valence-electron chi connectivity index (χ1n) is 2.26. The van der Waals surface area contributed by atoms with Crippen LogP contribution < -0.4 is 4.57 Å². The molecule has 8 heavy (non-hydrogen) atoms. The Balaban J connectivity index is 0.000000490. The highest BCUT2D eigenvalue weighted by atomic mass is 16.0. The smallest absolute Gasteiger partial charge is 0.243 e. The Hall–Kier alpha value is -0.830. The van der Waals surface area contributed by atoms with Crippen molar-refractivity contribution in [2.24, 2.45) is 14.1 Å². The molecule has 1 heterocycles. The third kappa shape index (κ3) is 1.35. The second kappa shape index (κ2) is 2.47. The lowest BCUT2D eigenvalue weighted by Gasteiger charge is -1.72. The second-order valence-corrected chi connectivity index (χ2v) is 1.74. The number of aryl methyl sites for hydroxylation is 2. The molecule has 0 saturated carbocycles. The SMILES string of the molecule is Cn1cc[n+](C)c1.[OH-]. The van der Waals surface area contributed by atoms with Crippen molar-refractivity contribution >= 4 is 0 Å². The van der Waals surface area contributed by atoms with Crippen molar-refractivity contribution in [3.63, 3.8) is 0 Å². The summed E-state index contributed by atoms with van der Waals surface area (Å²) in [4.78, 5) is 0. The summed E-state index contributed by atoms with van der Waals surface area (Å²) < 4.78 is 4.00. The Bertz CT molecular complexity index is 143. The van der Waals surface area contributed by atoms with Crippen molar-refractivity contribution in [2.45, 2.75) is 0 Å².